The smallest absolute Gasteiger partial charge is 0.274 e. The molecule has 1 aromatic rings. The van der Waals surface area contributed by atoms with Gasteiger partial charge in [0.1, 0.15) is 0 Å². The lowest BCUT2D eigenvalue weighted by Crippen LogP contribution is -2.30. The summed E-state index contributed by atoms with van der Waals surface area (Å²) in [6, 6.07) is 1.83. The molecule has 1 aliphatic rings. The molecule has 0 amide bonds. The summed E-state index contributed by atoms with van der Waals surface area (Å²) in [6.45, 7) is 0. The number of anilines is 2. The van der Waals surface area contributed by atoms with Crippen LogP contribution in [0.4, 0.5) is 11.4 Å². The molecule has 70 valence electrons. The van der Waals surface area contributed by atoms with Gasteiger partial charge in [-0.25, -0.2) is 0 Å². The quantitative estimate of drug-likeness (QED) is 0.667. The van der Waals surface area contributed by atoms with Gasteiger partial charge in [-0.15, -0.1) is 0 Å². The van der Waals surface area contributed by atoms with Gasteiger partial charge in [0.2, 0.25) is 0 Å². The van der Waals surface area contributed by atoms with Crippen molar-refractivity contribution in [1.29, 1.82) is 0 Å². The number of nitrogen functional groups attached to an aromatic ring is 2. The van der Waals surface area contributed by atoms with E-state index in [-0.39, 0.29) is 11.2 Å². The maximum absolute atomic E-state index is 11.5. The molecule has 0 spiro atoms. The summed E-state index contributed by atoms with van der Waals surface area (Å²) in [5, 5.41) is 0. The van der Waals surface area contributed by atoms with E-state index in [2.05, 4.69) is 0 Å². The second-order valence-electron chi connectivity index (χ2n) is 3.53. The van der Waals surface area contributed by atoms with Gasteiger partial charge in [0.15, 0.2) is 0 Å². The zero-order valence-electron chi connectivity index (χ0n) is 7.36. The number of nitrogens with two attached hydrogens (primary N) is 2. The third-order valence-corrected chi connectivity index (χ3v) is 2.56. The van der Waals surface area contributed by atoms with Gasteiger partial charge in [-0.1, -0.05) is 0 Å². The fourth-order valence-corrected chi connectivity index (χ4v) is 1.58. The second-order valence-corrected chi connectivity index (χ2v) is 3.53. The van der Waals surface area contributed by atoms with Crippen LogP contribution in [0.25, 0.3) is 0 Å². The summed E-state index contributed by atoms with van der Waals surface area (Å²) in [6.07, 6.45) is 4.99. The second kappa shape index (κ2) is 2.80. The fraction of sp³-hybridized carbons (Fsp3) is 0.444. The normalized spacial score (nSPS) is 16.9. The van der Waals surface area contributed by atoms with Gasteiger partial charge in [0.05, 0.1) is 11.4 Å². The Balaban J connectivity index is 2.49. The van der Waals surface area contributed by atoms with Crippen LogP contribution in [0.5, 0.6) is 0 Å². The molecule has 0 aliphatic heterocycles. The lowest BCUT2D eigenvalue weighted by Gasteiger charge is -2.27. The Bertz CT molecular complexity index is 379. The Morgan fingerprint density at radius 3 is 2.62 bits per heavy atom. The highest BCUT2D eigenvalue weighted by Crippen LogP contribution is 2.30. The standard InChI is InChI=1S/C9H13N3O/c10-6-4-8(11)9(13)12(5-6)7-2-1-3-7/h4-5,7H,1-3,10-11H2. The molecule has 0 radical (unpaired) electrons. The highest BCUT2D eigenvalue weighted by molar-refractivity contribution is 5.48. The molecule has 1 heterocycles. The van der Waals surface area contributed by atoms with Crippen LogP contribution in [0.1, 0.15) is 25.3 Å². The van der Waals surface area contributed by atoms with Crippen LogP contribution in [0, 0.1) is 0 Å². The predicted molar refractivity (Wildman–Crippen MR) is 52.4 cm³/mol. The van der Waals surface area contributed by atoms with Crippen molar-refractivity contribution >= 4 is 11.4 Å². The minimum Gasteiger partial charge on any atom is -0.397 e. The van der Waals surface area contributed by atoms with Crippen LogP contribution in [0.2, 0.25) is 0 Å². The molecule has 0 bridgehead atoms. The van der Waals surface area contributed by atoms with Gasteiger partial charge < -0.3 is 16.0 Å². The first-order valence-corrected chi connectivity index (χ1v) is 4.45. The Morgan fingerprint density at radius 1 is 1.38 bits per heavy atom. The van der Waals surface area contributed by atoms with Gasteiger partial charge in [-0.2, -0.15) is 0 Å². The van der Waals surface area contributed by atoms with Crippen LogP contribution in [0.3, 0.4) is 0 Å². The molecular weight excluding hydrogens is 166 g/mol. The third kappa shape index (κ3) is 1.28. The molecule has 2 rings (SSSR count). The molecule has 1 fully saturated rings. The first kappa shape index (κ1) is 8.16. The molecule has 4 nitrogen and oxygen atoms in total. The first-order chi connectivity index (χ1) is 6.18. The summed E-state index contributed by atoms with van der Waals surface area (Å²) in [5.41, 5.74) is 11.8. The largest absolute Gasteiger partial charge is 0.397 e. The summed E-state index contributed by atoms with van der Waals surface area (Å²) < 4.78 is 1.66. The number of hydrogen-bond donors (Lipinski definition) is 2. The van der Waals surface area contributed by atoms with Crippen molar-refractivity contribution in [3.8, 4) is 0 Å². The van der Waals surface area contributed by atoms with Crippen molar-refractivity contribution in [3.63, 3.8) is 0 Å². The summed E-state index contributed by atoms with van der Waals surface area (Å²) in [5.74, 6) is 0. The lowest BCUT2D eigenvalue weighted by molar-refractivity contribution is 0.307. The Hall–Kier alpha value is -1.45. The average Bonchev–Trinajstić information content (AvgIpc) is 1.95. The minimum absolute atomic E-state index is 0.112. The predicted octanol–water partition coefficient (Wildman–Crippen LogP) is 0.738. The van der Waals surface area contributed by atoms with Crippen molar-refractivity contribution in [2.45, 2.75) is 25.3 Å². The van der Waals surface area contributed by atoms with Crippen LogP contribution in [-0.4, -0.2) is 4.57 Å². The molecule has 0 saturated heterocycles. The molecule has 0 aromatic carbocycles. The highest BCUT2D eigenvalue weighted by Gasteiger charge is 2.20. The van der Waals surface area contributed by atoms with Gasteiger partial charge in [-0.05, 0) is 25.3 Å². The molecule has 0 unspecified atom stereocenters. The van der Waals surface area contributed by atoms with Crippen LogP contribution < -0.4 is 17.0 Å². The van der Waals surface area contributed by atoms with E-state index >= 15 is 0 Å². The maximum atomic E-state index is 11.5. The van der Waals surface area contributed by atoms with E-state index in [4.69, 9.17) is 11.5 Å². The lowest BCUT2D eigenvalue weighted by atomic mass is 9.93. The fourth-order valence-electron chi connectivity index (χ4n) is 1.58. The van der Waals surface area contributed by atoms with E-state index in [9.17, 15) is 4.79 Å². The van der Waals surface area contributed by atoms with Crippen molar-refractivity contribution in [1.82, 2.24) is 4.57 Å². The summed E-state index contributed by atoms with van der Waals surface area (Å²) in [4.78, 5) is 11.5. The number of aromatic nitrogens is 1. The van der Waals surface area contributed by atoms with Crippen LogP contribution >= 0.6 is 0 Å². The van der Waals surface area contributed by atoms with Gasteiger partial charge in [-0.3, -0.25) is 4.79 Å². The molecular formula is C9H13N3O. The number of rotatable bonds is 1. The number of pyridine rings is 1. The number of nitrogens with zero attached hydrogens (tertiary/aromatic N) is 1. The first-order valence-electron chi connectivity index (χ1n) is 4.45. The summed E-state index contributed by atoms with van der Waals surface area (Å²) in [7, 11) is 0. The van der Waals surface area contributed by atoms with Crippen molar-refractivity contribution in [3.05, 3.63) is 22.6 Å². The maximum Gasteiger partial charge on any atom is 0.274 e. The van der Waals surface area contributed by atoms with Crippen molar-refractivity contribution in [2.75, 3.05) is 11.5 Å². The van der Waals surface area contributed by atoms with Gasteiger partial charge >= 0.3 is 0 Å². The van der Waals surface area contributed by atoms with Crippen LogP contribution in [-0.2, 0) is 0 Å². The Kier molecular flexibility index (Phi) is 1.76. The van der Waals surface area contributed by atoms with Crippen molar-refractivity contribution in [2.24, 2.45) is 0 Å². The zero-order valence-corrected chi connectivity index (χ0v) is 7.36. The molecule has 4 N–H and O–H groups in total. The van der Waals surface area contributed by atoms with E-state index in [0.717, 1.165) is 12.8 Å². The minimum atomic E-state index is -0.112. The molecule has 0 atom stereocenters. The molecule has 1 aliphatic carbocycles. The highest BCUT2D eigenvalue weighted by atomic mass is 16.1. The third-order valence-electron chi connectivity index (χ3n) is 2.56. The molecule has 1 aromatic heterocycles. The van der Waals surface area contributed by atoms with Crippen LogP contribution in [0.15, 0.2) is 17.1 Å². The van der Waals surface area contributed by atoms with E-state index < -0.39 is 0 Å². The van der Waals surface area contributed by atoms with E-state index in [1.807, 2.05) is 0 Å². The Labute approximate surface area is 76.2 Å². The van der Waals surface area contributed by atoms with E-state index in [0.29, 0.717) is 11.7 Å². The monoisotopic (exact) mass is 179 g/mol. The van der Waals surface area contributed by atoms with Gasteiger partial charge in [0.25, 0.3) is 5.56 Å². The molecule has 1 saturated carbocycles. The van der Waals surface area contributed by atoms with E-state index in [1.54, 1.807) is 10.8 Å². The number of hydrogen-bond acceptors (Lipinski definition) is 3. The van der Waals surface area contributed by atoms with Crippen molar-refractivity contribution < 1.29 is 0 Å². The van der Waals surface area contributed by atoms with Gasteiger partial charge in [0, 0.05) is 12.2 Å². The molecule has 13 heavy (non-hydrogen) atoms. The molecule has 4 heteroatoms. The SMILES string of the molecule is Nc1cc(N)c(=O)n(C2CCC2)c1. The summed E-state index contributed by atoms with van der Waals surface area (Å²) >= 11 is 0. The Morgan fingerprint density at radius 2 is 2.08 bits per heavy atom. The topological polar surface area (TPSA) is 74.0 Å². The van der Waals surface area contributed by atoms with E-state index in [1.165, 1.54) is 12.5 Å². The average molecular weight is 179 g/mol. The zero-order chi connectivity index (χ0) is 9.42.